The van der Waals surface area contributed by atoms with Crippen LogP contribution in [0.15, 0.2) is 28.8 Å². The molecule has 2 aromatic rings. The smallest absolute Gasteiger partial charge is 0.231 e. The summed E-state index contributed by atoms with van der Waals surface area (Å²) in [6, 6.07) is 6.39. The van der Waals surface area contributed by atoms with Gasteiger partial charge in [0.25, 0.3) is 0 Å². The molecule has 1 aromatic carbocycles. The Morgan fingerprint density at radius 3 is 2.92 bits per heavy atom. The van der Waals surface area contributed by atoms with Gasteiger partial charge in [-0.1, -0.05) is 38.1 Å². The fourth-order valence-corrected chi connectivity index (χ4v) is 3.17. The van der Waals surface area contributed by atoms with E-state index in [0.717, 1.165) is 24.9 Å². The second-order valence-electron chi connectivity index (χ2n) is 7.70. The Kier molecular flexibility index (Phi) is 4.88. The monoisotopic (exact) mass is 345 g/mol. The zero-order valence-corrected chi connectivity index (χ0v) is 15.0. The van der Waals surface area contributed by atoms with E-state index in [1.165, 1.54) is 12.1 Å². The van der Waals surface area contributed by atoms with Gasteiger partial charge in [0.05, 0.1) is 5.92 Å². The van der Waals surface area contributed by atoms with Crippen molar-refractivity contribution in [3.8, 4) is 0 Å². The Morgan fingerprint density at radius 1 is 1.40 bits per heavy atom. The lowest BCUT2D eigenvalue weighted by Crippen LogP contribution is -2.44. The molecule has 0 saturated carbocycles. The van der Waals surface area contributed by atoms with E-state index in [9.17, 15) is 9.18 Å². The quantitative estimate of drug-likeness (QED) is 0.853. The van der Waals surface area contributed by atoms with Gasteiger partial charge in [-0.05, 0) is 30.5 Å². The van der Waals surface area contributed by atoms with E-state index in [4.69, 9.17) is 4.52 Å². The van der Waals surface area contributed by atoms with Crippen molar-refractivity contribution in [2.75, 3.05) is 13.1 Å². The summed E-state index contributed by atoms with van der Waals surface area (Å²) in [5.41, 5.74) is 0.416. The molecule has 0 unspecified atom stereocenters. The number of benzene rings is 1. The van der Waals surface area contributed by atoms with Crippen molar-refractivity contribution in [3.63, 3.8) is 0 Å². The summed E-state index contributed by atoms with van der Waals surface area (Å²) < 4.78 is 18.7. The van der Waals surface area contributed by atoms with Gasteiger partial charge in [0, 0.05) is 24.9 Å². The number of amides is 1. The van der Waals surface area contributed by atoms with Crippen molar-refractivity contribution in [2.45, 2.75) is 46.0 Å². The summed E-state index contributed by atoms with van der Waals surface area (Å²) in [5, 5.41) is 4.02. The molecule has 134 valence electrons. The molecule has 0 spiro atoms. The summed E-state index contributed by atoms with van der Waals surface area (Å²) in [7, 11) is 0. The highest BCUT2D eigenvalue weighted by Crippen LogP contribution is 2.29. The molecule has 1 amide bonds. The standard InChI is InChI=1S/C19H24FN3O2/c1-19(2,3)18(24)23-9-5-7-14(12-23)17-21-16(22-25-17)11-13-6-4-8-15(20)10-13/h4,6,8,10,14H,5,7,9,11-12H2,1-3H3/t14-/m0/s1. The van der Waals surface area contributed by atoms with Crippen LogP contribution >= 0.6 is 0 Å². The highest BCUT2D eigenvalue weighted by Gasteiger charge is 2.33. The van der Waals surface area contributed by atoms with E-state index in [1.54, 1.807) is 6.07 Å². The maximum Gasteiger partial charge on any atom is 0.231 e. The molecule has 0 bridgehead atoms. The Hall–Kier alpha value is -2.24. The van der Waals surface area contributed by atoms with Crippen LogP contribution in [0.25, 0.3) is 0 Å². The van der Waals surface area contributed by atoms with Crippen LogP contribution in [0.3, 0.4) is 0 Å². The fourth-order valence-electron chi connectivity index (χ4n) is 3.17. The van der Waals surface area contributed by atoms with Crippen LogP contribution in [0.5, 0.6) is 0 Å². The van der Waals surface area contributed by atoms with Crippen molar-refractivity contribution in [2.24, 2.45) is 5.41 Å². The number of nitrogens with zero attached hydrogens (tertiary/aromatic N) is 3. The fraction of sp³-hybridized carbons (Fsp3) is 0.526. The number of hydrogen-bond donors (Lipinski definition) is 0. The molecule has 1 aliphatic rings. The first-order valence-corrected chi connectivity index (χ1v) is 8.69. The molecule has 0 N–H and O–H groups in total. The number of halogens is 1. The zero-order valence-electron chi connectivity index (χ0n) is 15.0. The number of likely N-dealkylation sites (tertiary alicyclic amines) is 1. The number of hydrogen-bond acceptors (Lipinski definition) is 4. The summed E-state index contributed by atoms with van der Waals surface area (Å²) in [4.78, 5) is 18.9. The SMILES string of the molecule is CC(C)(C)C(=O)N1CCC[C@H](c2nc(Cc3cccc(F)c3)no2)C1. The van der Waals surface area contributed by atoms with E-state index >= 15 is 0 Å². The molecular formula is C19H24FN3O2. The van der Waals surface area contributed by atoms with Crippen LogP contribution in [0.2, 0.25) is 0 Å². The number of aromatic nitrogens is 2. The van der Waals surface area contributed by atoms with Gasteiger partial charge >= 0.3 is 0 Å². The molecule has 0 aliphatic carbocycles. The van der Waals surface area contributed by atoms with E-state index in [1.807, 2.05) is 31.7 Å². The minimum Gasteiger partial charge on any atom is -0.341 e. The third kappa shape index (κ3) is 4.24. The van der Waals surface area contributed by atoms with Crippen LogP contribution in [-0.4, -0.2) is 34.0 Å². The van der Waals surface area contributed by atoms with E-state index < -0.39 is 0 Å². The largest absolute Gasteiger partial charge is 0.341 e. The van der Waals surface area contributed by atoms with Gasteiger partial charge in [-0.3, -0.25) is 4.79 Å². The van der Waals surface area contributed by atoms with Gasteiger partial charge in [0.1, 0.15) is 5.82 Å². The van der Waals surface area contributed by atoms with Gasteiger partial charge in [0.2, 0.25) is 11.8 Å². The normalized spacial score (nSPS) is 18.4. The van der Waals surface area contributed by atoms with Gasteiger partial charge in [-0.15, -0.1) is 0 Å². The highest BCUT2D eigenvalue weighted by atomic mass is 19.1. The predicted octanol–water partition coefficient (Wildman–Crippen LogP) is 3.55. The Balaban J connectivity index is 1.68. The average Bonchev–Trinajstić information content (AvgIpc) is 3.02. The van der Waals surface area contributed by atoms with Crippen molar-refractivity contribution in [1.82, 2.24) is 15.0 Å². The maximum atomic E-state index is 13.3. The van der Waals surface area contributed by atoms with E-state index in [0.29, 0.717) is 24.7 Å². The molecule has 1 saturated heterocycles. The topological polar surface area (TPSA) is 59.2 Å². The first-order valence-electron chi connectivity index (χ1n) is 8.69. The molecule has 1 fully saturated rings. The molecule has 1 aliphatic heterocycles. The second-order valence-corrected chi connectivity index (χ2v) is 7.70. The lowest BCUT2D eigenvalue weighted by molar-refractivity contribution is -0.140. The Morgan fingerprint density at radius 2 is 2.20 bits per heavy atom. The Bertz CT molecular complexity index is 751. The van der Waals surface area contributed by atoms with Crippen LogP contribution in [0.4, 0.5) is 4.39 Å². The molecule has 6 heteroatoms. The van der Waals surface area contributed by atoms with Gasteiger partial charge in [-0.2, -0.15) is 4.98 Å². The minimum absolute atomic E-state index is 0.0637. The maximum absolute atomic E-state index is 13.3. The third-order valence-electron chi connectivity index (χ3n) is 4.43. The summed E-state index contributed by atoms with van der Waals surface area (Å²) >= 11 is 0. The van der Waals surface area contributed by atoms with Gasteiger partial charge < -0.3 is 9.42 Å². The summed E-state index contributed by atoms with van der Waals surface area (Å²) in [6.07, 6.45) is 2.28. The minimum atomic E-state index is -0.390. The number of piperidine rings is 1. The first-order chi connectivity index (χ1) is 11.8. The molecule has 25 heavy (non-hydrogen) atoms. The lowest BCUT2D eigenvalue weighted by Gasteiger charge is -2.35. The van der Waals surface area contributed by atoms with Gasteiger partial charge in [-0.25, -0.2) is 4.39 Å². The first kappa shape index (κ1) is 17.6. The number of rotatable bonds is 3. The summed E-state index contributed by atoms with van der Waals surface area (Å²) in [6.45, 7) is 7.18. The van der Waals surface area contributed by atoms with Crippen LogP contribution in [0, 0.1) is 11.2 Å². The van der Waals surface area contributed by atoms with Crippen LogP contribution < -0.4 is 0 Å². The third-order valence-corrected chi connectivity index (χ3v) is 4.43. The second kappa shape index (κ2) is 6.94. The van der Waals surface area contributed by atoms with E-state index in [2.05, 4.69) is 10.1 Å². The molecule has 5 nitrogen and oxygen atoms in total. The summed E-state index contributed by atoms with van der Waals surface area (Å²) in [5.74, 6) is 1.05. The predicted molar refractivity (Wildman–Crippen MR) is 91.5 cm³/mol. The molecule has 1 aromatic heterocycles. The zero-order chi connectivity index (χ0) is 18.0. The van der Waals surface area contributed by atoms with E-state index in [-0.39, 0.29) is 23.1 Å². The van der Waals surface area contributed by atoms with Crippen LogP contribution in [-0.2, 0) is 11.2 Å². The molecule has 1 atom stereocenters. The number of carbonyl (C=O) groups is 1. The molecule has 0 radical (unpaired) electrons. The van der Waals surface area contributed by atoms with Crippen LogP contribution in [0.1, 0.15) is 56.8 Å². The highest BCUT2D eigenvalue weighted by molar-refractivity contribution is 5.81. The van der Waals surface area contributed by atoms with Crippen molar-refractivity contribution < 1.29 is 13.7 Å². The number of carbonyl (C=O) groups excluding carboxylic acids is 1. The van der Waals surface area contributed by atoms with Crippen molar-refractivity contribution in [1.29, 1.82) is 0 Å². The average molecular weight is 345 g/mol. The van der Waals surface area contributed by atoms with Crippen molar-refractivity contribution >= 4 is 5.91 Å². The Labute approximate surface area is 147 Å². The van der Waals surface area contributed by atoms with Gasteiger partial charge in [0.15, 0.2) is 5.82 Å². The molecule has 2 heterocycles. The lowest BCUT2D eigenvalue weighted by atomic mass is 9.91. The van der Waals surface area contributed by atoms with Crippen molar-refractivity contribution in [3.05, 3.63) is 47.4 Å². The molecular weight excluding hydrogens is 321 g/mol. The molecule has 3 rings (SSSR count).